The molecule has 0 fully saturated rings. The van der Waals surface area contributed by atoms with Crippen molar-refractivity contribution in [2.75, 3.05) is 6.54 Å². The number of hydrogen-bond acceptors (Lipinski definition) is 2. The third kappa shape index (κ3) is 2.98. The maximum absolute atomic E-state index is 13.9. The van der Waals surface area contributed by atoms with Crippen LogP contribution in [-0.2, 0) is 7.05 Å². The number of aromatic nitrogens is 2. The lowest BCUT2D eigenvalue weighted by Gasteiger charge is -2.18. The maximum Gasteiger partial charge on any atom is 0.131 e. The first-order valence-electron chi connectivity index (χ1n) is 6.29. The summed E-state index contributed by atoms with van der Waals surface area (Å²) in [4.78, 5) is 0. The molecule has 1 atom stereocenters. The van der Waals surface area contributed by atoms with E-state index in [1.165, 1.54) is 18.2 Å². The van der Waals surface area contributed by atoms with E-state index >= 15 is 0 Å². The van der Waals surface area contributed by atoms with Crippen LogP contribution in [0.25, 0.3) is 0 Å². The summed E-state index contributed by atoms with van der Waals surface area (Å²) in [7, 11) is 1.78. The molecule has 102 valence electrons. The van der Waals surface area contributed by atoms with E-state index in [0.717, 1.165) is 12.0 Å². The molecule has 0 aliphatic rings. The van der Waals surface area contributed by atoms with Crippen LogP contribution >= 0.6 is 0 Å². The van der Waals surface area contributed by atoms with E-state index in [2.05, 4.69) is 10.4 Å². The maximum atomic E-state index is 13.9. The number of nitrogens with one attached hydrogen (secondary N) is 1. The molecule has 5 heteroatoms. The molecule has 2 rings (SSSR count). The average Bonchev–Trinajstić information content (AvgIpc) is 2.79. The molecule has 0 saturated heterocycles. The average molecular weight is 265 g/mol. The lowest BCUT2D eigenvalue weighted by Crippen LogP contribution is -2.25. The highest BCUT2D eigenvalue weighted by molar-refractivity contribution is 5.31. The standard InChI is InChI=1S/C14H17F2N3/c1-3-7-17-14(10-8-18-19(2)9-10)13-11(15)5-4-6-12(13)16/h4-6,8-9,14,17H,3,7H2,1-2H3. The highest BCUT2D eigenvalue weighted by atomic mass is 19.1. The zero-order chi connectivity index (χ0) is 13.8. The zero-order valence-electron chi connectivity index (χ0n) is 11.0. The summed E-state index contributed by atoms with van der Waals surface area (Å²) in [6.07, 6.45) is 4.27. The molecule has 0 spiro atoms. The van der Waals surface area contributed by atoms with E-state index in [1.807, 2.05) is 6.92 Å². The van der Waals surface area contributed by atoms with Gasteiger partial charge in [0.1, 0.15) is 11.6 Å². The quantitative estimate of drug-likeness (QED) is 0.901. The Morgan fingerprint density at radius 1 is 1.32 bits per heavy atom. The molecule has 3 nitrogen and oxygen atoms in total. The van der Waals surface area contributed by atoms with Crippen molar-refractivity contribution in [1.29, 1.82) is 0 Å². The van der Waals surface area contributed by atoms with Crippen LogP contribution in [0.3, 0.4) is 0 Å². The Kier molecular flexibility index (Phi) is 4.27. The molecular formula is C14H17F2N3. The minimum Gasteiger partial charge on any atom is -0.306 e. The molecule has 1 aromatic carbocycles. The van der Waals surface area contributed by atoms with Crippen LogP contribution in [0.1, 0.15) is 30.5 Å². The van der Waals surface area contributed by atoms with Crippen LogP contribution < -0.4 is 5.32 Å². The first-order valence-corrected chi connectivity index (χ1v) is 6.29. The molecule has 1 unspecified atom stereocenters. The van der Waals surface area contributed by atoms with Crippen LogP contribution in [0.2, 0.25) is 0 Å². The van der Waals surface area contributed by atoms with Gasteiger partial charge in [0.25, 0.3) is 0 Å². The molecule has 0 saturated carbocycles. The summed E-state index contributed by atoms with van der Waals surface area (Å²) in [6.45, 7) is 2.68. The molecule has 0 radical (unpaired) electrons. The minimum atomic E-state index is -0.544. The van der Waals surface area contributed by atoms with Crippen LogP contribution in [0.5, 0.6) is 0 Å². The van der Waals surface area contributed by atoms with E-state index < -0.39 is 17.7 Å². The summed E-state index contributed by atoms with van der Waals surface area (Å²) in [6, 6.07) is 3.40. The highest BCUT2D eigenvalue weighted by Crippen LogP contribution is 2.26. The topological polar surface area (TPSA) is 29.9 Å². The van der Waals surface area contributed by atoms with Crippen molar-refractivity contribution >= 4 is 0 Å². The van der Waals surface area contributed by atoms with Crippen molar-refractivity contribution in [2.24, 2.45) is 7.05 Å². The predicted molar refractivity (Wildman–Crippen MR) is 69.7 cm³/mol. The van der Waals surface area contributed by atoms with Crippen molar-refractivity contribution in [3.63, 3.8) is 0 Å². The lowest BCUT2D eigenvalue weighted by molar-refractivity contribution is 0.503. The summed E-state index contributed by atoms with van der Waals surface area (Å²) in [5.41, 5.74) is 0.795. The van der Waals surface area contributed by atoms with Gasteiger partial charge >= 0.3 is 0 Å². The molecule has 1 heterocycles. The molecule has 0 bridgehead atoms. The van der Waals surface area contributed by atoms with Crippen LogP contribution in [0.15, 0.2) is 30.6 Å². The Morgan fingerprint density at radius 2 is 2.00 bits per heavy atom. The van der Waals surface area contributed by atoms with Gasteiger partial charge in [0.15, 0.2) is 0 Å². The summed E-state index contributed by atoms with van der Waals surface area (Å²) in [5.74, 6) is -1.09. The number of halogens is 2. The van der Waals surface area contributed by atoms with E-state index in [1.54, 1.807) is 24.1 Å². The lowest BCUT2D eigenvalue weighted by atomic mass is 10.00. The summed E-state index contributed by atoms with van der Waals surface area (Å²) >= 11 is 0. The number of hydrogen-bond donors (Lipinski definition) is 1. The smallest absolute Gasteiger partial charge is 0.131 e. The van der Waals surface area contributed by atoms with Crippen molar-refractivity contribution in [3.05, 3.63) is 53.4 Å². The van der Waals surface area contributed by atoms with Crippen molar-refractivity contribution in [3.8, 4) is 0 Å². The second kappa shape index (κ2) is 5.93. The van der Waals surface area contributed by atoms with Gasteiger partial charge in [0.2, 0.25) is 0 Å². The third-order valence-electron chi connectivity index (χ3n) is 2.95. The summed E-state index contributed by atoms with van der Waals surface area (Å²) in [5, 5.41) is 7.23. The van der Waals surface area contributed by atoms with Gasteiger partial charge in [0.05, 0.1) is 12.2 Å². The molecule has 2 aromatic rings. The Balaban J connectivity index is 2.42. The van der Waals surface area contributed by atoms with Crippen LogP contribution in [0.4, 0.5) is 8.78 Å². The first kappa shape index (κ1) is 13.7. The van der Waals surface area contributed by atoms with Gasteiger partial charge in [-0.3, -0.25) is 4.68 Å². The number of benzene rings is 1. The van der Waals surface area contributed by atoms with Gasteiger partial charge in [-0.2, -0.15) is 5.10 Å². The highest BCUT2D eigenvalue weighted by Gasteiger charge is 2.22. The van der Waals surface area contributed by atoms with E-state index in [9.17, 15) is 8.78 Å². The van der Waals surface area contributed by atoms with Crippen molar-refractivity contribution in [1.82, 2.24) is 15.1 Å². The third-order valence-corrected chi connectivity index (χ3v) is 2.95. The van der Waals surface area contributed by atoms with Gasteiger partial charge in [-0.25, -0.2) is 8.78 Å². The second-order valence-electron chi connectivity index (χ2n) is 4.47. The minimum absolute atomic E-state index is 0.0453. The van der Waals surface area contributed by atoms with Gasteiger partial charge in [-0.15, -0.1) is 0 Å². The van der Waals surface area contributed by atoms with Crippen molar-refractivity contribution < 1.29 is 8.78 Å². The molecule has 19 heavy (non-hydrogen) atoms. The van der Waals surface area contributed by atoms with Gasteiger partial charge in [-0.05, 0) is 25.1 Å². The molecular weight excluding hydrogens is 248 g/mol. The molecule has 0 aliphatic carbocycles. The number of aryl methyl sites for hydroxylation is 1. The first-order chi connectivity index (χ1) is 9.13. The fourth-order valence-corrected chi connectivity index (χ4v) is 2.05. The van der Waals surface area contributed by atoms with Gasteiger partial charge in [0, 0.05) is 24.4 Å². The monoisotopic (exact) mass is 265 g/mol. The van der Waals surface area contributed by atoms with E-state index in [-0.39, 0.29) is 5.56 Å². The fraction of sp³-hybridized carbons (Fsp3) is 0.357. The van der Waals surface area contributed by atoms with Gasteiger partial charge < -0.3 is 5.32 Å². The summed E-state index contributed by atoms with van der Waals surface area (Å²) < 4.78 is 29.4. The Morgan fingerprint density at radius 3 is 2.53 bits per heavy atom. The molecule has 0 amide bonds. The largest absolute Gasteiger partial charge is 0.306 e. The SMILES string of the molecule is CCCNC(c1cnn(C)c1)c1c(F)cccc1F. The Bertz CT molecular complexity index is 531. The second-order valence-corrected chi connectivity index (χ2v) is 4.47. The van der Waals surface area contributed by atoms with Crippen molar-refractivity contribution in [2.45, 2.75) is 19.4 Å². The van der Waals surface area contributed by atoms with Gasteiger partial charge in [-0.1, -0.05) is 13.0 Å². The molecule has 1 aromatic heterocycles. The van der Waals surface area contributed by atoms with E-state index in [0.29, 0.717) is 6.54 Å². The van der Waals surface area contributed by atoms with Crippen LogP contribution in [-0.4, -0.2) is 16.3 Å². The Hall–Kier alpha value is -1.75. The van der Waals surface area contributed by atoms with Crippen LogP contribution in [0, 0.1) is 11.6 Å². The normalized spacial score (nSPS) is 12.6. The molecule has 0 aliphatic heterocycles. The zero-order valence-corrected chi connectivity index (χ0v) is 11.0. The molecule has 1 N–H and O–H groups in total. The fourth-order valence-electron chi connectivity index (χ4n) is 2.05. The van der Waals surface area contributed by atoms with E-state index in [4.69, 9.17) is 0 Å². The number of nitrogens with zero attached hydrogens (tertiary/aromatic N) is 2. The predicted octanol–water partition coefficient (Wildman–Crippen LogP) is 2.79. The Labute approximate surface area is 111 Å². The number of rotatable bonds is 5.